The number of fused-ring (bicyclic) bond motifs is 1. The summed E-state index contributed by atoms with van der Waals surface area (Å²) in [6, 6.07) is 6.17. The number of aromatic nitrogens is 5. The van der Waals surface area contributed by atoms with Crippen molar-refractivity contribution in [1.29, 1.82) is 0 Å². The van der Waals surface area contributed by atoms with E-state index < -0.39 is 37.3 Å². The van der Waals surface area contributed by atoms with Crippen molar-refractivity contribution in [2.24, 2.45) is 7.05 Å². The molecular weight excluding hydrogens is 388 g/mol. The summed E-state index contributed by atoms with van der Waals surface area (Å²) in [7, 11) is 1.89. The Morgan fingerprint density at radius 3 is 2.61 bits per heavy atom. The molecule has 1 saturated heterocycles. The first kappa shape index (κ1) is 12.3. The van der Waals surface area contributed by atoms with Gasteiger partial charge in [-0.05, 0) is 49.3 Å². The average molecular weight is 421 g/mol. The predicted octanol–water partition coefficient (Wildman–Crippen LogP) is 3.76. The highest BCUT2D eigenvalue weighted by Crippen LogP contribution is 2.23. The van der Waals surface area contributed by atoms with Crippen LogP contribution in [0.2, 0.25) is 0 Å². The second-order valence-electron chi connectivity index (χ2n) is 7.15. The van der Waals surface area contributed by atoms with Crippen LogP contribution in [0.15, 0.2) is 49.1 Å². The van der Waals surface area contributed by atoms with Gasteiger partial charge in [0, 0.05) is 66.2 Å². The first-order valence-corrected chi connectivity index (χ1v) is 9.62. The van der Waals surface area contributed by atoms with E-state index in [0.717, 1.165) is 28.4 Å². The van der Waals surface area contributed by atoms with Crippen LogP contribution in [0.4, 0.5) is 5.82 Å². The molecule has 156 valence electrons. The third-order valence-electron chi connectivity index (χ3n) is 5.18. The number of imidazole rings is 1. The van der Waals surface area contributed by atoms with Gasteiger partial charge in [-0.2, -0.15) is 0 Å². The minimum atomic E-state index is -3.21. The third kappa shape index (κ3) is 3.79. The van der Waals surface area contributed by atoms with E-state index in [9.17, 15) is 4.79 Å². The molecule has 0 aromatic carbocycles. The zero-order valence-corrected chi connectivity index (χ0v) is 16.9. The lowest BCUT2D eigenvalue weighted by molar-refractivity contribution is 0.0992. The molecule has 4 aromatic heterocycles. The van der Waals surface area contributed by atoms with Gasteiger partial charge in [-0.1, -0.05) is 0 Å². The molecule has 0 N–H and O–H groups in total. The normalized spacial score (nSPS) is 24.1. The Labute approximate surface area is 192 Å². The van der Waals surface area contributed by atoms with Crippen molar-refractivity contribution >= 4 is 22.4 Å². The van der Waals surface area contributed by atoms with Crippen molar-refractivity contribution in [2.45, 2.75) is 26.1 Å². The Morgan fingerprint density at radius 2 is 1.84 bits per heavy atom. The van der Waals surface area contributed by atoms with Crippen LogP contribution in [0.3, 0.4) is 0 Å². The number of aryl methyl sites for hydroxylation is 1. The summed E-state index contributed by atoms with van der Waals surface area (Å²) >= 11 is 0. The molecule has 0 spiro atoms. The van der Waals surface area contributed by atoms with Crippen molar-refractivity contribution in [3.8, 4) is 11.4 Å². The molecule has 0 unspecified atom stereocenters. The van der Waals surface area contributed by atoms with Gasteiger partial charge in [-0.25, -0.2) is 9.97 Å². The van der Waals surface area contributed by atoms with Crippen LogP contribution in [0, 0.1) is 6.92 Å². The van der Waals surface area contributed by atoms with Crippen LogP contribution in [0.5, 0.6) is 0 Å². The molecule has 0 radical (unpaired) electrons. The molecule has 7 nitrogen and oxygen atoms in total. The van der Waals surface area contributed by atoms with Crippen molar-refractivity contribution < 1.29 is 15.8 Å². The Balaban J connectivity index is 1.45. The first-order chi connectivity index (χ1) is 18.1. The summed E-state index contributed by atoms with van der Waals surface area (Å²) in [6.45, 7) is -4.29. The highest BCUT2D eigenvalue weighted by atomic mass is 16.1. The Morgan fingerprint density at radius 1 is 1.03 bits per heavy atom. The minimum Gasteiger partial charge on any atom is -0.357 e. The smallest absolute Gasteiger partial charge is 0.169 e. The summed E-state index contributed by atoms with van der Waals surface area (Å²) < 4.78 is 66.7. The van der Waals surface area contributed by atoms with Gasteiger partial charge >= 0.3 is 0 Å². The molecule has 0 aliphatic carbocycles. The number of ketones is 1. The molecule has 0 saturated carbocycles. The third-order valence-corrected chi connectivity index (χ3v) is 5.18. The van der Waals surface area contributed by atoms with Gasteiger partial charge in [0.15, 0.2) is 5.78 Å². The molecule has 4 aromatic rings. The van der Waals surface area contributed by atoms with Gasteiger partial charge in [-0.3, -0.25) is 14.8 Å². The van der Waals surface area contributed by atoms with Gasteiger partial charge in [0.05, 0.1) is 24.0 Å². The van der Waals surface area contributed by atoms with E-state index in [2.05, 4.69) is 19.9 Å². The topological polar surface area (TPSA) is 76.8 Å². The molecule has 31 heavy (non-hydrogen) atoms. The van der Waals surface area contributed by atoms with Crippen LogP contribution in [0.1, 0.15) is 45.6 Å². The summed E-state index contributed by atoms with van der Waals surface area (Å²) in [5, 5.41) is 1.59. The molecule has 0 atom stereocenters. The summed E-state index contributed by atoms with van der Waals surface area (Å²) in [5.74, 6) is 0.0372. The van der Waals surface area contributed by atoms with Crippen LogP contribution in [-0.2, 0) is 13.5 Å². The minimum absolute atomic E-state index is 0.0716. The lowest BCUT2D eigenvalue weighted by atomic mass is 10.1. The van der Waals surface area contributed by atoms with Crippen LogP contribution in [0.25, 0.3) is 22.2 Å². The van der Waals surface area contributed by atoms with Crippen LogP contribution < -0.4 is 4.90 Å². The highest BCUT2D eigenvalue weighted by Gasteiger charge is 2.16. The van der Waals surface area contributed by atoms with E-state index in [1.807, 2.05) is 24.6 Å². The number of hydrogen-bond acceptors (Lipinski definition) is 6. The fourth-order valence-corrected chi connectivity index (χ4v) is 3.35. The van der Waals surface area contributed by atoms with E-state index in [0.29, 0.717) is 16.3 Å². The fraction of sp³-hybridized carbons (Fsp3) is 0.292. The van der Waals surface area contributed by atoms with Gasteiger partial charge in [0.1, 0.15) is 11.6 Å². The monoisotopic (exact) mass is 420 g/mol. The molecule has 7 heteroatoms. The maximum atomic E-state index is 13.2. The summed E-state index contributed by atoms with van der Waals surface area (Å²) in [5.41, 5.74) is 2.08. The molecule has 5 rings (SSSR count). The zero-order chi connectivity index (χ0) is 28.5. The summed E-state index contributed by atoms with van der Waals surface area (Å²) in [6.07, 6.45) is -0.319. The first-order valence-electron chi connectivity index (χ1n) is 13.6. The molecule has 1 aliphatic heterocycles. The number of carbonyl (C=O) groups is 1. The van der Waals surface area contributed by atoms with Crippen molar-refractivity contribution in [2.75, 3.05) is 17.9 Å². The maximum Gasteiger partial charge on any atom is 0.169 e. The number of carbonyl (C=O) groups excluding carboxylic acids is 1. The van der Waals surface area contributed by atoms with E-state index in [4.69, 9.17) is 11.0 Å². The van der Waals surface area contributed by atoms with Crippen molar-refractivity contribution in [1.82, 2.24) is 24.5 Å². The Bertz CT molecular complexity index is 1590. The highest BCUT2D eigenvalue weighted by molar-refractivity contribution is 5.98. The Hall–Kier alpha value is -3.61. The van der Waals surface area contributed by atoms with Crippen LogP contribution >= 0.6 is 0 Å². The largest absolute Gasteiger partial charge is 0.357 e. The molecule has 5 heterocycles. The molecule has 1 fully saturated rings. The predicted molar refractivity (Wildman–Crippen MR) is 120 cm³/mol. The van der Waals surface area contributed by atoms with E-state index in [1.54, 1.807) is 24.7 Å². The fourth-order valence-electron chi connectivity index (χ4n) is 3.35. The lowest BCUT2D eigenvalue weighted by Gasteiger charge is -2.16. The molecule has 1 aliphatic rings. The van der Waals surface area contributed by atoms with Gasteiger partial charge in [0.2, 0.25) is 0 Å². The maximum absolute atomic E-state index is 13.2. The molecule has 0 amide bonds. The SMILES string of the molecule is [2H]C1([2H])N(c2cc(C(=O)Cc3cc4cc(-c5cnc(C)n5C)ncc4cn3)ccn2)C([2H])([2H])C([2H])([2H])C1([2H])[2H]. The molecular formula is C24H24N6O. The average Bonchev–Trinajstić information content (AvgIpc) is 3.23. The number of nitrogens with zero attached hydrogens (tertiary/aromatic N) is 6. The summed E-state index contributed by atoms with van der Waals surface area (Å²) in [4.78, 5) is 30.6. The van der Waals surface area contributed by atoms with Gasteiger partial charge < -0.3 is 9.47 Å². The lowest BCUT2D eigenvalue weighted by Crippen LogP contribution is -2.19. The Kier molecular flexibility index (Phi) is 3.14. The standard InChI is InChI=1S/C24H24N6O/c1-16-26-15-22(29(16)2)21-10-18-9-20(27-13-19(18)14-28-21)12-23(31)17-5-6-25-24(11-17)30-7-3-4-8-30/h5-6,9-11,13-15H,3-4,7-8,12H2,1-2H3/i3D2,4D2,7D2,8D2. The van der Waals surface area contributed by atoms with E-state index in [1.165, 1.54) is 12.3 Å². The number of Topliss-reactive ketones (excluding diaryl/α,β-unsaturated/α-hetero) is 1. The number of rotatable bonds is 5. The zero-order valence-electron chi connectivity index (χ0n) is 24.9. The molecule has 0 bridgehead atoms. The number of hydrogen-bond donors (Lipinski definition) is 0. The second-order valence-corrected chi connectivity index (χ2v) is 7.15. The van der Waals surface area contributed by atoms with E-state index >= 15 is 0 Å². The van der Waals surface area contributed by atoms with Crippen molar-refractivity contribution in [3.05, 3.63) is 66.1 Å². The number of anilines is 1. The quantitative estimate of drug-likeness (QED) is 0.458. The second kappa shape index (κ2) is 7.91. The van der Waals surface area contributed by atoms with E-state index in [-0.39, 0.29) is 12.0 Å². The van der Waals surface area contributed by atoms with Crippen molar-refractivity contribution in [3.63, 3.8) is 0 Å². The van der Waals surface area contributed by atoms with Gasteiger partial charge in [0.25, 0.3) is 0 Å². The van der Waals surface area contributed by atoms with Gasteiger partial charge in [-0.15, -0.1) is 0 Å². The number of pyridine rings is 3. The van der Waals surface area contributed by atoms with Crippen LogP contribution in [-0.4, -0.2) is 43.3 Å².